The SMILES string of the molecule is c1ccc(-c2ccc(-c3nc(-c4cccc5c4sc4ccccc45)nc(-c4cc(-c5ccc6ccccc6c5)cc5oc6ccccc6c45)n3)cc2)cc1. The van der Waals surface area contributed by atoms with E-state index in [-0.39, 0.29) is 0 Å². The van der Waals surface area contributed by atoms with Gasteiger partial charge in [0, 0.05) is 47.6 Å². The Kier molecular flexibility index (Phi) is 7.00. The molecule has 0 spiro atoms. The van der Waals surface area contributed by atoms with Gasteiger partial charge in [-0.15, -0.1) is 11.3 Å². The third-order valence-electron chi connectivity index (χ3n) is 10.3. The maximum atomic E-state index is 6.57. The highest BCUT2D eigenvalue weighted by Gasteiger charge is 2.21. The number of furan rings is 1. The number of para-hydroxylation sites is 1. The summed E-state index contributed by atoms with van der Waals surface area (Å²) in [6.07, 6.45) is 0. The zero-order valence-electron chi connectivity index (χ0n) is 28.9. The van der Waals surface area contributed by atoms with Gasteiger partial charge in [-0.3, -0.25) is 0 Å². The van der Waals surface area contributed by atoms with Crippen molar-refractivity contribution < 1.29 is 4.42 Å². The maximum absolute atomic E-state index is 6.57. The zero-order valence-corrected chi connectivity index (χ0v) is 29.7. The molecule has 11 rings (SSSR count). The van der Waals surface area contributed by atoms with E-state index in [1.807, 2.05) is 18.2 Å². The van der Waals surface area contributed by atoms with Gasteiger partial charge in [0.2, 0.25) is 0 Å². The summed E-state index contributed by atoms with van der Waals surface area (Å²) in [4.78, 5) is 15.9. The van der Waals surface area contributed by atoms with E-state index in [0.717, 1.165) is 65.6 Å². The van der Waals surface area contributed by atoms with Gasteiger partial charge in [-0.1, -0.05) is 140 Å². The molecule has 0 amide bonds. The number of benzene rings is 8. The number of thiophene rings is 1. The van der Waals surface area contributed by atoms with Gasteiger partial charge in [0.05, 0.1) is 0 Å². The van der Waals surface area contributed by atoms with Crippen LogP contribution >= 0.6 is 11.3 Å². The number of hydrogen-bond acceptors (Lipinski definition) is 5. The molecule has 0 saturated heterocycles. The van der Waals surface area contributed by atoms with E-state index in [0.29, 0.717) is 17.5 Å². The van der Waals surface area contributed by atoms with E-state index in [9.17, 15) is 0 Å². The molecule has 0 aliphatic carbocycles. The fourth-order valence-corrected chi connectivity index (χ4v) is 8.89. The third-order valence-corrected chi connectivity index (χ3v) is 11.6. The first-order valence-corrected chi connectivity index (χ1v) is 18.8. The van der Waals surface area contributed by atoms with Crippen molar-refractivity contribution >= 4 is 64.2 Å². The van der Waals surface area contributed by atoms with E-state index in [1.54, 1.807) is 11.3 Å². The molecule has 3 heterocycles. The van der Waals surface area contributed by atoms with Gasteiger partial charge in [0.1, 0.15) is 11.2 Å². The van der Waals surface area contributed by atoms with Crippen molar-refractivity contribution in [1.82, 2.24) is 15.0 Å². The molecule has 0 fully saturated rings. The van der Waals surface area contributed by atoms with Crippen LogP contribution in [0.25, 0.3) is 109 Å². The minimum Gasteiger partial charge on any atom is -0.456 e. The van der Waals surface area contributed by atoms with Crippen molar-refractivity contribution in [2.75, 3.05) is 0 Å². The molecule has 11 aromatic rings. The summed E-state index contributed by atoms with van der Waals surface area (Å²) in [5, 5.41) is 6.83. The lowest BCUT2D eigenvalue weighted by molar-refractivity contribution is 0.669. The Hall–Kier alpha value is -6.95. The monoisotopic (exact) mass is 707 g/mol. The first kappa shape index (κ1) is 30.7. The smallest absolute Gasteiger partial charge is 0.165 e. The van der Waals surface area contributed by atoms with Crippen LogP contribution in [-0.4, -0.2) is 15.0 Å². The molecule has 0 aliphatic heterocycles. The Morgan fingerprint density at radius 3 is 1.89 bits per heavy atom. The summed E-state index contributed by atoms with van der Waals surface area (Å²) in [6.45, 7) is 0. The molecule has 0 saturated carbocycles. The molecule has 0 aliphatic rings. The second-order valence-corrected chi connectivity index (χ2v) is 14.6. The lowest BCUT2D eigenvalue weighted by atomic mass is 9.96. The summed E-state index contributed by atoms with van der Waals surface area (Å²) in [7, 11) is 0. The maximum Gasteiger partial charge on any atom is 0.165 e. The van der Waals surface area contributed by atoms with Crippen LogP contribution in [0.5, 0.6) is 0 Å². The minimum atomic E-state index is 0.597. The van der Waals surface area contributed by atoms with Gasteiger partial charge in [-0.2, -0.15) is 0 Å². The molecule has 54 heavy (non-hydrogen) atoms. The van der Waals surface area contributed by atoms with Crippen LogP contribution in [0.15, 0.2) is 180 Å². The highest BCUT2D eigenvalue weighted by Crippen LogP contribution is 2.42. The van der Waals surface area contributed by atoms with E-state index in [4.69, 9.17) is 19.4 Å². The summed E-state index contributed by atoms with van der Waals surface area (Å²) in [6, 6.07) is 61.5. The molecule has 0 unspecified atom stereocenters. The van der Waals surface area contributed by atoms with Crippen LogP contribution in [0.1, 0.15) is 0 Å². The molecule has 3 aromatic heterocycles. The van der Waals surface area contributed by atoms with E-state index < -0.39 is 0 Å². The summed E-state index contributed by atoms with van der Waals surface area (Å²) in [5.41, 5.74) is 8.85. The predicted molar refractivity (Wildman–Crippen MR) is 225 cm³/mol. The molecular formula is C49H29N3OS. The zero-order chi connectivity index (χ0) is 35.6. The molecular weight excluding hydrogens is 679 g/mol. The lowest BCUT2D eigenvalue weighted by Gasteiger charge is -2.12. The average molecular weight is 708 g/mol. The van der Waals surface area contributed by atoms with Crippen molar-refractivity contribution in [3.63, 3.8) is 0 Å². The average Bonchev–Trinajstić information content (AvgIpc) is 3.82. The third kappa shape index (κ3) is 5.09. The number of rotatable bonds is 5. The fraction of sp³-hybridized carbons (Fsp3) is 0. The Morgan fingerprint density at radius 2 is 1.02 bits per heavy atom. The standard InChI is InChI=1S/C49H29N3OS/c1-2-11-30(12-3-1)32-21-24-33(25-22-32)47-50-48(40-18-10-17-38-37-15-7-9-20-44(37)54-46(38)40)52-49(51-47)41-28-36(35-26-23-31-13-4-5-14-34(31)27-35)29-43-45(41)39-16-6-8-19-42(39)53-43/h1-29H. The number of aromatic nitrogens is 3. The molecule has 252 valence electrons. The summed E-state index contributed by atoms with van der Waals surface area (Å²) < 4.78 is 8.97. The first-order valence-electron chi connectivity index (χ1n) is 18.0. The van der Waals surface area contributed by atoms with Gasteiger partial charge in [-0.25, -0.2) is 15.0 Å². The molecule has 0 N–H and O–H groups in total. The number of fused-ring (bicyclic) bond motifs is 7. The molecule has 0 atom stereocenters. The molecule has 0 radical (unpaired) electrons. The Morgan fingerprint density at radius 1 is 0.370 bits per heavy atom. The largest absolute Gasteiger partial charge is 0.456 e. The quantitative estimate of drug-likeness (QED) is 0.179. The summed E-state index contributed by atoms with van der Waals surface area (Å²) in [5.74, 6) is 1.85. The van der Waals surface area contributed by atoms with Crippen molar-refractivity contribution in [1.29, 1.82) is 0 Å². The van der Waals surface area contributed by atoms with Crippen LogP contribution < -0.4 is 0 Å². The highest BCUT2D eigenvalue weighted by molar-refractivity contribution is 7.26. The highest BCUT2D eigenvalue weighted by atomic mass is 32.1. The number of hydrogen-bond donors (Lipinski definition) is 0. The normalized spacial score (nSPS) is 11.7. The first-order chi connectivity index (χ1) is 26.7. The van der Waals surface area contributed by atoms with Gasteiger partial charge >= 0.3 is 0 Å². The van der Waals surface area contributed by atoms with Crippen LogP contribution in [0.4, 0.5) is 0 Å². The molecule has 0 bridgehead atoms. The van der Waals surface area contributed by atoms with Gasteiger partial charge in [0.25, 0.3) is 0 Å². The second-order valence-electron chi connectivity index (χ2n) is 13.6. The molecule has 5 heteroatoms. The van der Waals surface area contributed by atoms with E-state index in [1.165, 1.54) is 26.2 Å². The Balaban J connectivity index is 1.18. The topological polar surface area (TPSA) is 51.8 Å². The van der Waals surface area contributed by atoms with Gasteiger partial charge < -0.3 is 4.42 Å². The van der Waals surface area contributed by atoms with E-state index >= 15 is 0 Å². The van der Waals surface area contributed by atoms with Crippen molar-refractivity contribution in [2.24, 2.45) is 0 Å². The van der Waals surface area contributed by atoms with Gasteiger partial charge in [0.15, 0.2) is 17.5 Å². The Bertz CT molecular complexity index is 3220. The molecule has 4 nitrogen and oxygen atoms in total. The van der Waals surface area contributed by atoms with Crippen LogP contribution in [0.3, 0.4) is 0 Å². The fourth-order valence-electron chi connectivity index (χ4n) is 7.68. The van der Waals surface area contributed by atoms with Crippen molar-refractivity contribution in [2.45, 2.75) is 0 Å². The van der Waals surface area contributed by atoms with E-state index in [2.05, 4.69) is 158 Å². The van der Waals surface area contributed by atoms with Crippen molar-refractivity contribution in [3.05, 3.63) is 176 Å². The Labute approximate surface area is 314 Å². The number of nitrogens with zero attached hydrogens (tertiary/aromatic N) is 3. The summed E-state index contributed by atoms with van der Waals surface area (Å²) >= 11 is 1.78. The predicted octanol–water partition coefficient (Wildman–Crippen LogP) is 13.6. The molecule has 8 aromatic carbocycles. The van der Waals surface area contributed by atoms with Crippen LogP contribution in [-0.2, 0) is 0 Å². The van der Waals surface area contributed by atoms with Crippen LogP contribution in [0, 0.1) is 0 Å². The van der Waals surface area contributed by atoms with Gasteiger partial charge in [-0.05, 0) is 69.4 Å². The van der Waals surface area contributed by atoms with Crippen molar-refractivity contribution in [3.8, 4) is 56.4 Å². The lowest BCUT2D eigenvalue weighted by Crippen LogP contribution is -2.01. The second kappa shape index (κ2) is 12.3. The minimum absolute atomic E-state index is 0.597. The van der Waals surface area contributed by atoms with Crippen LogP contribution in [0.2, 0.25) is 0 Å².